The van der Waals surface area contributed by atoms with Gasteiger partial charge in [-0.05, 0) is 0 Å². The average Bonchev–Trinajstić information content (AvgIpc) is 2.48. The normalized spacial score (nSPS) is 10.6. The predicted octanol–water partition coefficient (Wildman–Crippen LogP) is 0.663. The van der Waals surface area contributed by atoms with E-state index in [-0.39, 0.29) is 22.3 Å². The number of imidazole rings is 1. The van der Waals surface area contributed by atoms with E-state index >= 15 is 0 Å². The summed E-state index contributed by atoms with van der Waals surface area (Å²) in [6.45, 7) is 0. The molecule has 0 aliphatic heterocycles. The standard InChI is InChI=1S/C7H5ClN4O2/c8-4-2-11-7-10-1-3(6(13)14)5(9)12(4)7/h1-2H,9H2,(H,13,14). The summed E-state index contributed by atoms with van der Waals surface area (Å²) in [5.41, 5.74) is 5.48. The largest absolute Gasteiger partial charge is 0.478 e. The van der Waals surface area contributed by atoms with Crippen LogP contribution >= 0.6 is 11.6 Å². The van der Waals surface area contributed by atoms with E-state index in [4.69, 9.17) is 22.4 Å². The van der Waals surface area contributed by atoms with Crippen molar-refractivity contribution in [2.45, 2.75) is 0 Å². The van der Waals surface area contributed by atoms with Crippen molar-refractivity contribution < 1.29 is 9.90 Å². The van der Waals surface area contributed by atoms with Crippen molar-refractivity contribution >= 4 is 29.2 Å². The molecule has 0 aliphatic rings. The fourth-order valence-corrected chi connectivity index (χ4v) is 1.32. The fraction of sp³-hybridized carbons (Fsp3) is 0. The van der Waals surface area contributed by atoms with Crippen LogP contribution in [0.1, 0.15) is 10.4 Å². The summed E-state index contributed by atoms with van der Waals surface area (Å²) in [4.78, 5) is 18.3. The lowest BCUT2D eigenvalue weighted by molar-refractivity contribution is 0.0697. The molecule has 6 nitrogen and oxygen atoms in total. The number of fused-ring (bicyclic) bond motifs is 1. The minimum atomic E-state index is -1.15. The zero-order valence-electron chi connectivity index (χ0n) is 6.81. The van der Waals surface area contributed by atoms with Crippen LogP contribution < -0.4 is 5.73 Å². The predicted molar refractivity (Wildman–Crippen MR) is 49.4 cm³/mol. The van der Waals surface area contributed by atoms with Gasteiger partial charge >= 0.3 is 5.97 Å². The Morgan fingerprint density at radius 1 is 1.50 bits per heavy atom. The lowest BCUT2D eigenvalue weighted by atomic mass is 10.3. The summed E-state index contributed by atoms with van der Waals surface area (Å²) < 4.78 is 1.27. The Balaban J connectivity index is 2.86. The first kappa shape index (κ1) is 8.76. The summed E-state index contributed by atoms with van der Waals surface area (Å²) in [7, 11) is 0. The first-order chi connectivity index (χ1) is 6.61. The van der Waals surface area contributed by atoms with E-state index in [9.17, 15) is 4.79 Å². The van der Waals surface area contributed by atoms with Gasteiger partial charge < -0.3 is 10.8 Å². The number of anilines is 1. The maximum absolute atomic E-state index is 10.7. The van der Waals surface area contributed by atoms with Crippen molar-refractivity contribution in [3.05, 3.63) is 23.1 Å². The van der Waals surface area contributed by atoms with Gasteiger partial charge in [0.15, 0.2) is 0 Å². The van der Waals surface area contributed by atoms with Crippen LogP contribution in [-0.4, -0.2) is 25.4 Å². The third-order valence-electron chi connectivity index (χ3n) is 1.76. The third kappa shape index (κ3) is 1.08. The summed E-state index contributed by atoms with van der Waals surface area (Å²) in [6, 6.07) is 0. The molecule has 14 heavy (non-hydrogen) atoms. The summed E-state index contributed by atoms with van der Waals surface area (Å²) >= 11 is 5.74. The highest BCUT2D eigenvalue weighted by Gasteiger charge is 2.14. The van der Waals surface area contributed by atoms with Gasteiger partial charge in [-0.1, -0.05) is 11.6 Å². The second kappa shape index (κ2) is 2.85. The molecule has 2 aromatic heterocycles. The van der Waals surface area contributed by atoms with Crippen LogP contribution in [0.15, 0.2) is 12.4 Å². The van der Waals surface area contributed by atoms with E-state index in [1.807, 2.05) is 0 Å². The van der Waals surface area contributed by atoms with Gasteiger partial charge in [-0.15, -0.1) is 0 Å². The van der Waals surface area contributed by atoms with Crippen LogP contribution in [0.25, 0.3) is 5.78 Å². The van der Waals surface area contributed by atoms with Crippen molar-refractivity contribution in [2.24, 2.45) is 0 Å². The number of hydrogen-bond acceptors (Lipinski definition) is 4. The van der Waals surface area contributed by atoms with Gasteiger partial charge in [-0.3, -0.25) is 4.40 Å². The SMILES string of the molecule is Nc1c(C(=O)O)cnc2ncc(Cl)n12. The molecule has 2 rings (SSSR count). The molecule has 0 aromatic carbocycles. The van der Waals surface area contributed by atoms with Gasteiger partial charge in [-0.25, -0.2) is 14.8 Å². The van der Waals surface area contributed by atoms with Crippen molar-refractivity contribution in [3.63, 3.8) is 0 Å². The topological polar surface area (TPSA) is 93.5 Å². The number of nitrogen functional groups attached to an aromatic ring is 1. The molecule has 0 atom stereocenters. The molecule has 72 valence electrons. The van der Waals surface area contributed by atoms with E-state index < -0.39 is 5.97 Å². The first-order valence-electron chi connectivity index (χ1n) is 3.62. The van der Waals surface area contributed by atoms with Crippen LogP contribution in [0.5, 0.6) is 0 Å². The lowest BCUT2D eigenvalue weighted by Gasteiger charge is -2.03. The monoisotopic (exact) mass is 212 g/mol. The van der Waals surface area contributed by atoms with E-state index in [0.717, 1.165) is 6.20 Å². The van der Waals surface area contributed by atoms with Gasteiger partial charge in [0.05, 0.1) is 6.20 Å². The van der Waals surface area contributed by atoms with Crippen molar-refractivity contribution in [2.75, 3.05) is 5.73 Å². The molecule has 0 radical (unpaired) electrons. The van der Waals surface area contributed by atoms with E-state index in [1.54, 1.807) is 0 Å². The van der Waals surface area contributed by atoms with Crippen molar-refractivity contribution in [1.82, 2.24) is 14.4 Å². The molecule has 3 N–H and O–H groups in total. The van der Waals surface area contributed by atoms with Crippen molar-refractivity contribution in [1.29, 1.82) is 0 Å². The number of nitrogens with two attached hydrogens (primary N) is 1. The molecule has 2 aromatic rings. The van der Waals surface area contributed by atoms with Gasteiger partial charge in [0, 0.05) is 6.20 Å². The molecular formula is C7H5ClN4O2. The van der Waals surface area contributed by atoms with E-state index in [1.165, 1.54) is 10.6 Å². The number of hydrogen-bond donors (Lipinski definition) is 2. The Morgan fingerprint density at radius 2 is 2.14 bits per heavy atom. The number of nitrogens with zero attached hydrogens (tertiary/aromatic N) is 3. The second-order valence-corrected chi connectivity index (χ2v) is 2.97. The molecule has 0 unspecified atom stereocenters. The quantitative estimate of drug-likeness (QED) is 0.724. The lowest BCUT2D eigenvalue weighted by Crippen LogP contribution is -2.08. The van der Waals surface area contributed by atoms with Gasteiger partial charge in [0.1, 0.15) is 16.5 Å². The Labute approximate surface area is 83.0 Å². The molecule has 0 spiro atoms. The second-order valence-electron chi connectivity index (χ2n) is 2.58. The molecule has 0 saturated carbocycles. The molecule has 0 saturated heterocycles. The summed E-state index contributed by atoms with van der Waals surface area (Å²) in [5, 5.41) is 8.99. The highest BCUT2D eigenvalue weighted by atomic mass is 35.5. The summed E-state index contributed by atoms with van der Waals surface area (Å²) in [6.07, 6.45) is 2.50. The molecule has 0 amide bonds. The number of carbonyl (C=O) groups is 1. The fourth-order valence-electron chi connectivity index (χ4n) is 1.11. The third-order valence-corrected chi connectivity index (χ3v) is 2.02. The number of aromatic carboxylic acids is 1. The summed E-state index contributed by atoms with van der Waals surface area (Å²) in [5.74, 6) is -0.857. The van der Waals surface area contributed by atoms with Crippen LogP contribution in [0.4, 0.5) is 5.82 Å². The first-order valence-corrected chi connectivity index (χ1v) is 4.00. The van der Waals surface area contributed by atoms with Crippen LogP contribution in [-0.2, 0) is 0 Å². The van der Waals surface area contributed by atoms with Gasteiger partial charge in [-0.2, -0.15) is 0 Å². The Morgan fingerprint density at radius 3 is 2.79 bits per heavy atom. The van der Waals surface area contributed by atoms with Gasteiger partial charge in [0.25, 0.3) is 0 Å². The molecule has 0 bridgehead atoms. The van der Waals surface area contributed by atoms with Gasteiger partial charge in [0.2, 0.25) is 5.78 Å². The number of halogens is 1. The maximum atomic E-state index is 10.7. The molecule has 7 heteroatoms. The molecule has 0 fully saturated rings. The smallest absolute Gasteiger partial charge is 0.340 e. The minimum Gasteiger partial charge on any atom is -0.478 e. The Hall–Kier alpha value is -1.82. The number of carboxylic acids is 1. The molecule has 0 aliphatic carbocycles. The maximum Gasteiger partial charge on any atom is 0.340 e. The Kier molecular flexibility index (Phi) is 1.78. The van der Waals surface area contributed by atoms with Crippen LogP contribution in [0.3, 0.4) is 0 Å². The molecular weight excluding hydrogens is 208 g/mol. The zero-order valence-corrected chi connectivity index (χ0v) is 7.56. The number of carboxylic acid groups (broad SMARTS) is 1. The number of rotatable bonds is 1. The van der Waals surface area contributed by atoms with Crippen LogP contribution in [0, 0.1) is 0 Å². The Bertz CT molecular complexity index is 522. The minimum absolute atomic E-state index is 0.0185. The number of aromatic nitrogens is 3. The highest BCUT2D eigenvalue weighted by Crippen LogP contribution is 2.18. The zero-order chi connectivity index (χ0) is 10.3. The van der Waals surface area contributed by atoms with E-state index in [2.05, 4.69) is 9.97 Å². The molecule has 2 heterocycles. The highest BCUT2D eigenvalue weighted by molar-refractivity contribution is 6.30. The average molecular weight is 213 g/mol. The van der Waals surface area contributed by atoms with Crippen LogP contribution in [0.2, 0.25) is 5.15 Å². The van der Waals surface area contributed by atoms with E-state index in [0.29, 0.717) is 0 Å². The van der Waals surface area contributed by atoms with Crippen molar-refractivity contribution in [3.8, 4) is 0 Å².